The minimum Gasteiger partial charge on any atom is -0.540 e. The van der Waals surface area contributed by atoms with Crippen LogP contribution in [0.25, 0.3) is 5.14 Å². The van der Waals surface area contributed by atoms with E-state index < -0.39 is 10.3 Å². The number of rotatable bonds is 0. The molecule has 0 amide bonds. The molecule has 4 nitrogen and oxygen atoms in total. The fraction of sp³-hybridized carbons (Fsp3) is 0. The average Bonchev–Trinajstić information content (AvgIpc) is 0.722. The van der Waals surface area contributed by atoms with Gasteiger partial charge in [0.05, 0.1) is 0 Å². The summed E-state index contributed by atoms with van der Waals surface area (Å²) in [5, 5.41) is 5.47. The third-order valence-corrected chi connectivity index (χ3v) is 0. The van der Waals surface area contributed by atoms with E-state index in [0.717, 1.165) is 0 Å². The Kier molecular flexibility index (Phi) is 11.0. The van der Waals surface area contributed by atoms with Crippen molar-refractivity contribution in [2.75, 3.05) is 0 Å². The van der Waals surface area contributed by atoms with Crippen LogP contribution in [0, 0.1) is 0 Å². The van der Waals surface area contributed by atoms with Gasteiger partial charge in [0, 0.05) is 16.5 Å². The van der Waals surface area contributed by atoms with Gasteiger partial charge in [-0.2, -0.15) is 9.90 Å². The van der Waals surface area contributed by atoms with Crippen LogP contribution in [0.2, 0.25) is 0 Å². The molecule has 0 aliphatic carbocycles. The molecule has 0 saturated carbocycles. The minimum absolute atomic E-state index is 0. The SMILES string of the molecule is P.[NH-]S(=O)(=O)O.[Ni]. The Morgan fingerprint density at radius 3 is 1.43 bits per heavy atom. The zero-order valence-corrected chi connectivity index (χ0v) is 6.41. The zero-order chi connectivity index (χ0) is 4.50. The Labute approximate surface area is 55.3 Å². The molecule has 0 aliphatic heterocycles. The summed E-state index contributed by atoms with van der Waals surface area (Å²) in [4.78, 5) is 0. The first-order valence-corrected chi connectivity index (χ1v) is 2.16. The number of nitrogens with one attached hydrogen (secondary N) is 1. The van der Waals surface area contributed by atoms with Crippen LogP contribution in [-0.4, -0.2) is 13.0 Å². The first-order valence-electron chi connectivity index (χ1n) is 0.720. The van der Waals surface area contributed by atoms with E-state index in [-0.39, 0.29) is 26.4 Å². The predicted molar refractivity (Wildman–Crippen MR) is 27.0 cm³/mol. The van der Waals surface area contributed by atoms with Crippen molar-refractivity contribution in [2.24, 2.45) is 0 Å². The normalized spacial score (nSPS) is 8.29. The molecular formula is H5NNiO3PS-. The summed E-state index contributed by atoms with van der Waals surface area (Å²) >= 11 is 0. The summed E-state index contributed by atoms with van der Waals surface area (Å²) in [6, 6.07) is 0. The van der Waals surface area contributed by atoms with E-state index in [2.05, 4.69) is 0 Å². The van der Waals surface area contributed by atoms with Crippen LogP contribution < -0.4 is 0 Å². The maximum absolute atomic E-state index is 8.85. The molecular weight excluding hydrogens is 184 g/mol. The van der Waals surface area contributed by atoms with E-state index in [1.807, 2.05) is 0 Å². The van der Waals surface area contributed by atoms with Crippen molar-refractivity contribution in [3.63, 3.8) is 0 Å². The quantitative estimate of drug-likeness (QED) is 0.328. The molecule has 0 aromatic rings. The molecule has 2 N–H and O–H groups in total. The molecule has 0 aliphatic rings. The predicted octanol–water partition coefficient (Wildman–Crippen LogP) is -0.103. The van der Waals surface area contributed by atoms with Crippen molar-refractivity contribution < 1.29 is 29.5 Å². The fourth-order valence-electron chi connectivity index (χ4n) is 0. The Bertz CT molecular complexity index is 98.1. The van der Waals surface area contributed by atoms with E-state index >= 15 is 0 Å². The van der Waals surface area contributed by atoms with Crippen molar-refractivity contribution in [1.29, 1.82) is 0 Å². The van der Waals surface area contributed by atoms with Gasteiger partial charge >= 0.3 is 0 Å². The van der Waals surface area contributed by atoms with Gasteiger partial charge in [0.1, 0.15) is 0 Å². The van der Waals surface area contributed by atoms with Gasteiger partial charge in [0.25, 0.3) is 0 Å². The molecule has 7 heteroatoms. The Hall–Kier alpha value is 0.794. The van der Waals surface area contributed by atoms with Crippen LogP contribution in [0.1, 0.15) is 0 Å². The second kappa shape index (κ2) is 4.94. The topological polar surface area (TPSA) is 78.2 Å². The second-order valence-corrected chi connectivity index (χ2v) is 1.43. The molecule has 0 spiro atoms. The van der Waals surface area contributed by atoms with Gasteiger partial charge in [-0.1, -0.05) is 0 Å². The first kappa shape index (κ1) is 15.7. The Balaban J connectivity index is -0.0000000800. The van der Waals surface area contributed by atoms with Crippen LogP contribution in [0.4, 0.5) is 0 Å². The van der Waals surface area contributed by atoms with Gasteiger partial charge in [0.15, 0.2) is 10.3 Å². The van der Waals surface area contributed by atoms with E-state index in [1.54, 1.807) is 0 Å². The summed E-state index contributed by atoms with van der Waals surface area (Å²) in [6.45, 7) is 0. The molecule has 0 aromatic heterocycles. The number of hydrogen-bond acceptors (Lipinski definition) is 2. The molecule has 50 valence electrons. The summed E-state index contributed by atoms with van der Waals surface area (Å²) in [6.07, 6.45) is 0. The van der Waals surface area contributed by atoms with E-state index in [4.69, 9.17) is 18.1 Å². The van der Waals surface area contributed by atoms with Crippen molar-refractivity contribution in [3.05, 3.63) is 5.14 Å². The van der Waals surface area contributed by atoms with Gasteiger partial charge in [-0.05, 0) is 0 Å². The molecule has 0 rings (SSSR count). The van der Waals surface area contributed by atoms with Gasteiger partial charge < -0.3 is 5.14 Å². The Morgan fingerprint density at radius 1 is 1.43 bits per heavy atom. The molecule has 1 unspecified atom stereocenters. The standard InChI is InChI=1S/H2NO3S.Ni.H3P/c1-5(2,3)4;;/h(H2-,1,2,3,4);;1H3/q-1;;. The van der Waals surface area contributed by atoms with Crippen LogP contribution in [-0.2, 0) is 26.8 Å². The van der Waals surface area contributed by atoms with Crippen molar-refractivity contribution in [2.45, 2.75) is 0 Å². The molecule has 7 heavy (non-hydrogen) atoms. The molecule has 0 aromatic carbocycles. The maximum Gasteiger partial charge on any atom is 0.186 e. The second-order valence-electron chi connectivity index (χ2n) is 0.475. The average molecular weight is 189 g/mol. The van der Waals surface area contributed by atoms with Crippen molar-refractivity contribution in [3.8, 4) is 0 Å². The van der Waals surface area contributed by atoms with E-state index in [1.165, 1.54) is 0 Å². The van der Waals surface area contributed by atoms with E-state index in [0.29, 0.717) is 0 Å². The van der Waals surface area contributed by atoms with Crippen molar-refractivity contribution >= 4 is 20.2 Å². The van der Waals surface area contributed by atoms with Crippen LogP contribution in [0.15, 0.2) is 0 Å². The smallest absolute Gasteiger partial charge is 0.186 e. The fourth-order valence-corrected chi connectivity index (χ4v) is 0. The monoisotopic (exact) mass is 188 g/mol. The third kappa shape index (κ3) is 248. The molecule has 0 saturated heterocycles. The molecule has 1 atom stereocenters. The van der Waals surface area contributed by atoms with Crippen LogP contribution in [0.3, 0.4) is 0 Å². The van der Waals surface area contributed by atoms with E-state index in [9.17, 15) is 0 Å². The zero-order valence-electron chi connectivity index (χ0n) is 3.20. The van der Waals surface area contributed by atoms with Crippen molar-refractivity contribution in [1.82, 2.24) is 0 Å². The van der Waals surface area contributed by atoms with Crippen LogP contribution in [0.5, 0.6) is 0 Å². The van der Waals surface area contributed by atoms with Gasteiger partial charge in [-0.25, -0.2) is 8.42 Å². The molecule has 0 bridgehead atoms. The largest absolute Gasteiger partial charge is 0.540 e. The first-order chi connectivity index (χ1) is 2.00. The third-order valence-electron chi connectivity index (χ3n) is 0. The van der Waals surface area contributed by atoms with Gasteiger partial charge in [-0.15, -0.1) is 0 Å². The molecule has 0 radical (unpaired) electrons. The number of hydrogen-bond donors (Lipinski definition) is 1. The molecule has 0 heterocycles. The summed E-state index contributed by atoms with van der Waals surface area (Å²) in [5.74, 6) is 0. The summed E-state index contributed by atoms with van der Waals surface area (Å²) < 4.78 is 24.9. The van der Waals surface area contributed by atoms with Gasteiger partial charge in [-0.3, -0.25) is 4.55 Å². The summed E-state index contributed by atoms with van der Waals surface area (Å²) in [7, 11) is -4.42. The van der Waals surface area contributed by atoms with Crippen LogP contribution >= 0.6 is 9.90 Å². The Morgan fingerprint density at radius 2 is 1.43 bits per heavy atom. The van der Waals surface area contributed by atoms with Gasteiger partial charge in [0.2, 0.25) is 0 Å². The summed E-state index contributed by atoms with van der Waals surface area (Å²) in [5.41, 5.74) is 0. The maximum atomic E-state index is 8.85. The molecule has 0 fully saturated rings. The minimum atomic E-state index is -4.42.